The number of nitrogens with one attached hydrogen (secondary N) is 1. The predicted octanol–water partition coefficient (Wildman–Crippen LogP) is 2.85. The van der Waals surface area contributed by atoms with Gasteiger partial charge in [-0.25, -0.2) is 9.97 Å². The highest BCUT2D eigenvalue weighted by molar-refractivity contribution is 5.81. The number of hydrogen-bond acceptors (Lipinski definition) is 5. The number of piperazine rings is 1. The van der Waals surface area contributed by atoms with Crippen LogP contribution in [0.15, 0.2) is 36.8 Å². The molecular formula is C20H25N5O. The van der Waals surface area contributed by atoms with Gasteiger partial charge in [0.2, 0.25) is 0 Å². The predicted molar refractivity (Wildman–Crippen MR) is 104 cm³/mol. The van der Waals surface area contributed by atoms with Crippen LogP contribution in [0.4, 0.5) is 5.82 Å². The average molecular weight is 351 g/mol. The van der Waals surface area contributed by atoms with E-state index in [9.17, 15) is 0 Å². The Morgan fingerprint density at radius 1 is 1.15 bits per heavy atom. The van der Waals surface area contributed by atoms with Crippen molar-refractivity contribution in [3.8, 4) is 5.75 Å². The van der Waals surface area contributed by atoms with Crippen LogP contribution in [-0.2, 0) is 13.0 Å². The maximum Gasteiger partial charge on any atom is 0.135 e. The fourth-order valence-corrected chi connectivity index (χ4v) is 3.62. The quantitative estimate of drug-likeness (QED) is 0.766. The molecule has 6 heteroatoms. The second kappa shape index (κ2) is 7.33. The van der Waals surface area contributed by atoms with Gasteiger partial charge in [0.05, 0.1) is 7.11 Å². The van der Waals surface area contributed by atoms with Crippen molar-refractivity contribution in [2.45, 2.75) is 19.9 Å². The van der Waals surface area contributed by atoms with Crippen LogP contribution in [0.1, 0.15) is 18.2 Å². The van der Waals surface area contributed by atoms with Crippen LogP contribution in [0.2, 0.25) is 0 Å². The molecule has 1 aliphatic rings. The molecule has 0 spiro atoms. The normalized spacial score (nSPS) is 15.5. The van der Waals surface area contributed by atoms with Gasteiger partial charge in [0.25, 0.3) is 0 Å². The summed E-state index contributed by atoms with van der Waals surface area (Å²) in [5.41, 5.74) is 3.61. The first kappa shape index (κ1) is 16.8. The van der Waals surface area contributed by atoms with Crippen LogP contribution < -0.4 is 9.64 Å². The molecule has 0 aliphatic carbocycles. The summed E-state index contributed by atoms with van der Waals surface area (Å²) >= 11 is 0. The lowest BCUT2D eigenvalue weighted by Crippen LogP contribution is -2.46. The fourth-order valence-electron chi connectivity index (χ4n) is 3.62. The topological polar surface area (TPSA) is 57.3 Å². The number of hydrogen-bond donors (Lipinski definition) is 1. The van der Waals surface area contributed by atoms with Gasteiger partial charge in [0.15, 0.2) is 0 Å². The lowest BCUT2D eigenvalue weighted by Gasteiger charge is -2.35. The molecular weight excluding hydrogens is 326 g/mol. The van der Waals surface area contributed by atoms with Gasteiger partial charge >= 0.3 is 0 Å². The Morgan fingerprint density at radius 3 is 2.77 bits per heavy atom. The second-order valence-electron chi connectivity index (χ2n) is 6.74. The largest absolute Gasteiger partial charge is 0.497 e. The van der Waals surface area contributed by atoms with E-state index in [4.69, 9.17) is 4.74 Å². The van der Waals surface area contributed by atoms with E-state index in [0.717, 1.165) is 56.2 Å². The van der Waals surface area contributed by atoms with Crippen molar-refractivity contribution in [2.24, 2.45) is 0 Å². The maximum atomic E-state index is 5.31. The lowest BCUT2D eigenvalue weighted by atomic mass is 10.2. The summed E-state index contributed by atoms with van der Waals surface area (Å²) in [7, 11) is 1.70. The first-order valence-electron chi connectivity index (χ1n) is 9.18. The molecule has 136 valence electrons. The molecule has 0 atom stereocenters. The Bertz CT molecular complexity index is 883. The van der Waals surface area contributed by atoms with Crippen molar-refractivity contribution in [1.82, 2.24) is 19.9 Å². The van der Waals surface area contributed by atoms with Gasteiger partial charge in [-0.05, 0) is 30.0 Å². The van der Waals surface area contributed by atoms with Gasteiger partial charge in [-0.15, -0.1) is 0 Å². The molecule has 0 bridgehead atoms. The molecule has 26 heavy (non-hydrogen) atoms. The molecule has 2 aromatic heterocycles. The minimum Gasteiger partial charge on any atom is -0.497 e. The fraction of sp³-hybridized carbons (Fsp3) is 0.400. The number of methoxy groups -OCH3 is 1. The van der Waals surface area contributed by atoms with Gasteiger partial charge in [0.1, 0.15) is 17.9 Å². The number of aromatic amines is 1. The van der Waals surface area contributed by atoms with E-state index in [1.807, 2.05) is 12.3 Å². The molecule has 1 fully saturated rings. The van der Waals surface area contributed by atoms with Gasteiger partial charge in [-0.2, -0.15) is 0 Å². The summed E-state index contributed by atoms with van der Waals surface area (Å²) in [5.74, 6) is 1.98. The van der Waals surface area contributed by atoms with Gasteiger partial charge in [-0.1, -0.05) is 6.92 Å². The van der Waals surface area contributed by atoms with Crippen molar-refractivity contribution < 1.29 is 4.74 Å². The van der Waals surface area contributed by atoms with E-state index in [0.29, 0.717) is 0 Å². The number of anilines is 1. The first-order chi connectivity index (χ1) is 12.8. The Kier molecular flexibility index (Phi) is 4.75. The summed E-state index contributed by atoms with van der Waals surface area (Å²) in [5, 5.41) is 1.23. The van der Waals surface area contributed by atoms with Crippen molar-refractivity contribution in [1.29, 1.82) is 0 Å². The monoisotopic (exact) mass is 351 g/mol. The number of aryl methyl sites for hydroxylation is 1. The van der Waals surface area contributed by atoms with Gasteiger partial charge in [0, 0.05) is 61.8 Å². The molecule has 1 aromatic carbocycles. The minimum atomic E-state index is 0.885. The summed E-state index contributed by atoms with van der Waals surface area (Å²) in [6.45, 7) is 7.16. The number of ether oxygens (including phenoxy) is 1. The van der Waals surface area contributed by atoms with Crippen LogP contribution in [0.5, 0.6) is 5.75 Å². The molecule has 1 saturated heterocycles. The Morgan fingerprint density at radius 2 is 2.00 bits per heavy atom. The van der Waals surface area contributed by atoms with Crippen molar-refractivity contribution in [3.63, 3.8) is 0 Å². The highest BCUT2D eigenvalue weighted by atomic mass is 16.5. The Balaban J connectivity index is 1.41. The maximum absolute atomic E-state index is 5.31. The van der Waals surface area contributed by atoms with E-state index in [-0.39, 0.29) is 0 Å². The van der Waals surface area contributed by atoms with Crippen molar-refractivity contribution in [3.05, 3.63) is 48.0 Å². The summed E-state index contributed by atoms with van der Waals surface area (Å²) in [6.07, 6.45) is 4.56. The minimum absolute atomic E-state index is 0.885. The SMILES string of the molecule is CCc1cncnc1N1CCN(Cc2cc3ccc(OC)cc3[nH]2)CC1. The molecule has 0 unspecified atom stereocenters. The molecule has 4 rings (SSSR count). The number of fused-ring (bicyclic) bond motifs is 1. The van der Waals surface area contributed by atoms with E-state index in [1.54, 1.807) is 13.4 Å². The van der Waals surface area contributed by atoms with E-state index < -0.39 is 0 Å². The summed E-state index contributed by atoms with van der Waals surface area (Å²) < 4.78 is 5.31. The molecule has 3 aromatic rings. The van der Waals surface area contributed by atoms with Crippen LogP contribution in [0.3, 0.4) is 0 Å². The third-order valence-electron chi connectivity index (χ3n) is 5.10. The number of H-pyrrole nitrogens is 1. The smallest absolute Gasteiger partial charge is 0.135 e. The van der Waals surface area contributed by atoms with E-state index in [2.05, 4.69) is 49.9 Å². The molecule has 1 aliphatic heterocycles. The Labute approximate surface area is 153 Å². The molecule has 3 heterocycles. The van der Waals surface area contributed by atoms with Crippen LogP contribution in [0.25, 0.3) is 10.9 Å². The number of aromatic nitrogens is 3. The standard InChI is InChI=1S/C20H25N5O/c1-3-15-12-21-14-22-20(15)25-8-6-24(7-9-25)13-17-10-16-4-5-18(26-2)11-19(16)23-17/h4-5,10-12,14,23H,3,6-9,13H2,1-2H3. The molecule has 1 N–H and O–H groups in total. The van der Waals surface area contributed by atoms with Crippen LogP contribution in [-0.4, -0.2) is 53.1 Å². The Hall–Kier alpha value is -2.60. The number of benzene rings is 1. The highest BCUT2D eigenvalue weighted by Gasteiger charge is 2.20. The highest BCUT2D eigenvalue weighted by Crippen LogP contribution is 2.23. The third kappa shape index (κ3) is 3.37. The molecule has 0 radical (unpaired) electrons. The zero-order valence-electron chi connectivity index (χ0n) is 15.4. The van der Waals surface area contributed by atoms with Crippen molar-refractivity contribution >= 4 is 16.7 Å². The summed E-state index contributed by atoms with van der Waals surface area (Å²) in [4.78, 5) is 17.1. The number of rotatable bonds is 5. The van der Waals surface area contributed by atoms with E-state index in [1.165, 1.54) is 16.6 Å². The molecule has 6 nitrogen and oxygen atoms in total. The third-order valence-corrected chi connectivity index (χ3v) is 5.10. The van der Waals surface area contributed by atoms with Crippen LogP contribution in [0, 0.1) is 0 Å². The molecule has 0 amide bonds. The van der Waals surface area contributed by atoms with Gasteiger partial charge < -0.3 is 14.6 Å². The second-order valence-corrected chi connectivity index (χ2v) is 6.74. The van der Waals surface area contributed by atoms with Gasteiger partial charge in [-0.3, -0.25) is 4.90 Å². The average Bonchev–Trinajstić information content (AvgIpc) is 3.09. The van der Waals surface area contributed by atoms with Crippen LogP contribution >= 0.6 is 0 Å². The summed E-state index contributed by atoms with van der Waals surface area (Å²) in [6, 6.07) is 8.40. The lowest BCUT2D eigenvalue weighted by molar-refractivity contribution is 0.247. The van der Waals surface area contributed by atoms with E-state index >= 15 is 0 Å². The first-order valence-corrected chi connectivity index (χ1v) is 9.18. The zero-order valence-corrected chi connectivity index (χ0v) is 15.4. The van der Waals surface area contributed by atoms with Crippen molar-refractivity contribution in [2.75, 3.05) is 38.2 Å². The number of nitrogens with zero attached hydrogens (tertiary/aromatic N) is 4. The molecule has 0 saturated carbocycles. The zero-order chi connectivity index (χ0) is 17.9.